The van der Waals surface area contributed by atoms with E-state index in [4.69, 9.17) is 4.74 Å². The Morgan fingerprint density at radius 1 is 1.14 bits per heavy atom. The van der Waals surface area contributed by atoms with Crippen LogP contribution in [0.5, 0.6) is 5.75 Å². The number of para-hydroxylation sites is 1. The molecule has 0 saturated heterocycles. The van der Waals surface area contributed by atoms with Crippen LogP contribution in [0.2, 0.25) is 0 Å². The fourth-order valence-corrected chi connectivity index (χ4v) is 3.18. The van der Waals surface area contributed by atoms with E-state index >= 15 is 0 Å². The molecule has 1 aromatic carbocycles. The highest BCUT2D eigenvalue weighted by molar-refractivity contribution is 7.10. The topological polar surface area (TPSA) is 33.3 Å². The van der Waals surface area contributed by atoms with Crippen LogP contribution in [0.3, 0.4) is 0 Å². The van der Waals surface area contributed by atoms with Crippen LogP contribution in [0.15, 0.2) is 41.8 Å². The summed E-state index contributed by atoms with van der Waals surface area (Å²) in [6, 6.07) is 12.6. The SMILES string of the molecule is CCNCCc1ccccc1OC(CCNC)c1cccs1. The lowest BCUT2D eigenvalue weighted by molar-refractivity contribution is 0.196. The quantitative estimate of drug-likeness (QED) is 0.656. The molecule has 0 amide bonds. The third-order valence-electron chi connectivity index (χ3n) is 3.58. The van der Waals surface area contributed by atoms with Gasteiger partial charge in [-0.1, -0.05) is 31.2 Å². The second-order valence-electron chi connectivity index (χ2n) is 5.23. The summed E-state index contributed by atoms with van der Waals surface area (Å²) >= 11 is 1.76. The van der Waals surface area contributed by atoms with E-state index in [0.717, 1.165) is 38.2 Å². The van der Waals surface area contributed by atoms with Crippen molar-refractivity contribution in [2.24, 2.45) is 0 Å². The molecule has 2 N–H and O–H groups in total. The van der Waals surface area contributed by atoms with Gasteiger partial charge in [-0.25, -0.2) is 0 Å². The number of rotatable bonds is 10. The summed E-state index contributed by atoms with van der Waals surface area (Å²) < 4.78 is 6.37. The minimum absolute atomic E-state index is 0.118. The van der Waals surface area contributed by atoms with Crippen molar-refractivity contribution in [1.29, 1.82) is 0 Å². The van der Waals surface area contributed by atoms with Crippen molar-refractivity contribution in [2.45, 2.75) is 25.9 Å². The van der Waals surface area contributed by atoms with Crippen LogP contribution in [-0.2, 0) is 6.42 Å². The third kappa shape index (κ3) is 5.13. The number of likely N-dealkylation sites (N-methyl/N-ethyl adjacent to an activating group) is 1. The van der Waals surface area contributed by atoms with Gasteiger partial charge in [0.05, 0.1) is 0 Å². The highest BCUT2D eigenvalue weighted by Gasteiger charge is 2.15. The normalized spacial score (nSPS) is 12.3. The third-order valence-corrected chi connectivity index (χ3v) is 4.54. The van der Waals surface area contributed by atoms with Crippen LogP contribution in [0, 0.1) is 0 Å². The smallest absolute Gasteiger partial charge is 0.134 e. The van der Waals surface area contributed by atoms with Crippen LogP contribution in [0.4, 0.5) is 0 Å². The highest BCUT2D eigenvalue weighted by Crippen LogP contribution is 2.30. The molecule has 2 rings (SSSR count). The van der Waals surface area contributed by atoms with E-state index in [1.54, 1.807) is 11.3 Å². The highest BCUT2D eigenvalue weighted by atomic mass is 32.1. The predicted octanol–water partition coefficient (Wildman–Crippen LogP) is 3.63. The van der Waals surface area contributed by atoms with Crippen LogP contribution >= 0.6 is 11.3 Å². The largest absolute Gasteiger partial charge is 0.485 e. The number of hydrogen-bond acceptors (Lipinski definition) is 4. The molecule has 1 heterocycles. The van der Waals surface area contributed by atoms with Crippen molar-refractivity contribution < 1.29 is 4.74 Å². The van der Waals surface area contributed by atoms with Gasteiger partial charge in [-0.2, -0.15) is 0 Å². The Kier molecular flexibility index (Phi) is 7.43. The molecule has 0 aliphatic carbocycles. The lowest BCUT2D eigenvalue weighted by Crippen LogP contribution is -2.18. The molecule has 0 aliphatic rings. The number of hydrogen-bond donors (Lipinski definition) is 2. The molecular weight excluding hydrogens is 292 g/mol. The first-order chi connectivity index (χ1) is 10.8. The molecular formula is C18H26N2OS. The summed E-state index contributed by atoms with van der Waals surface area (Å²) in [5.41, 5.74) is 1.27. The van der Waals surface area contributed by atoms with Crippen molar-refractivity contribution >= 4 is 11.3 Å². The summed E-state index contributed by atoms with van der Waals surface area (Å²) in [5, 5.41) is 8.71. The number of ether oxygens (including phenoxy) is 1. The Bertz CT molecular complexity index is 528. The average molecular weight is 318 g/mol. The lowest BCUT2D eigenvalue weighted by Gasteiger charge is -2.20. The minimum atomic E-state index is 0.118. The summed E-state index contributed by atoms with van der Waals surface area (Å²) in [5.74, 6) is 1.01. The molecule has 0 spiro atoms. The Labute approximate surface area is 137 Å². The number of nitrogens with one attached hydrogen (secondary N) is 2. The van der Waals surface area contributed by atoms with Crippen LogP contribution in [0.25, 0.3) is 0 Å². The summed E-state index contributed by atoms with van der Waals surface area (Å²) in [7, 11) is 1.98. The summed E-state index contributed by atoms with van der Waals surface area (Å²) in [4.78, 5) is 1.29. The van der Waals surface area contributed by atoms with Gasteiger partial charge in [0.25, 0.3) is 0 Å². The van der Waals surface area contributed by atoms with Crippen molar-refractivity contribution in [3.05, 3.63) is 52.2 Å². The van der Waals surface area contributed by atoms with Gasteiger partial charge in [0.2, 0.25) is 0 Å². The van der Waals surface area contributed by atoms with Crippen LogP contribution < -0.4 is 15.4 Å². The maximum Gasteiger partial charge on any atom is 0.134 e. The first-order valence-corrected chi connectivity index (χ1v) is 8.86. The van der Waals surface area contributed by atoms with Gasteiger partial charge in [-0.3, -0.25) is 0 Å². The molecule has 0 bridgehead atoms. The van der Waals surface area contributed by atoms with Crippen LogP contribution in [-0.4, -0.2) is 26.7 Å². The van der Waals surface area contributed by atoms with E-state index in [0.29, 0.717) is 0 Å². The second-order valence-corrected chi connectivity index (χ2v) is 6.20. The van der Waals surface area contributed by atoms with E-state index < -0.39 is 0 Å². The van der Waals surface area contributed by atoms with Gasteiger partial charge < -0.3 is 15.4 Å². The molecule has 2 aromatic rings. The molecule has 1 unspecified atom stereocenters. The number of thiophene rings is 1. The van der Waals surface area contributed by atoms with Crippen molar-refractivity contribution in [2.75, 3.05) is 26.7 Å². The van der Waals surface area contributed by atoms with E-state index in [1.807, 2.05) is 7.05 Å². The van der Waals surface area contributed by atoms with Gasteiger partial charge >= 0.3 is 0 Å². The standard InChI is InChI=1S/C18H26N2OS/c1-3-20-13-10-15-7-4-5-8-16(15)21-17(11-12-19-2)18-9-6-14-22-18/h4-9,14,17,19-20H,3,10-13H2,1-2H3. The van der Waals surface area contributed by atoms with Crippen molar-refractivity contribution in [3.63, 3.8) is 0 Å². The zero-order valence-electron chi connectivity index (χ0n) is 13.5. The predicted molar refractivity (Wildman–Crippen MR) is 94.9 cm³/mol. The maximum absolute atomic E-state index is 6.37. The molecule has 3 nitrogen and oxygen atoms in total. The lowest BCUT2D eigenvalue weighted by atomic mass is 10.1. The van der Waals surface area contributed by atoms with Gasteiger partial charge in [-0.15, -0.1) is 11.3 Å². The monoisotopic (exact) mass is 318 g/mol. The molecule has 0 saturated carbocycles. The van der Waals surface area contributed by atoms with Crippen LogP contribution in [0.1, 0.15) is 29.9 Å². The van der Waals surface area contributed by atoms with E-state index in [9.17, 15) is 0 Å². The van der Waals surface area contributed by atoms with Crippen molar-refractivity contribution in [3.8, 4) is 5.75 Å². The molecule has 0 aliphatic heterocycles. The van der Waals surface area contributed by atoms with E-state index in [1.165, 1.54) is 10.4 Å². The van der Waals surface area contributed by atoms with E-state index in [2.05, 4.69) is 59.3 Å². The fourth-order valence-electron chi connectivity index (χ4n) is 2.39. The molecule has 120 valence electrons. The molecule has 0 fully saturated rings. The molecule has 1 atom stereocenters. The van der Waals surface area contributed by atoms with Gasteiger partial charge in [0.1, 0.15) is 11.9 Å². The van der Waals surface area contributed by atoms with E-state index in [-0.39, 0.29) is 6.10 Å². The molecule has 22 heavy (non-hydrogen) atoms. The second kappa shape index (κ2) is 9.62. The Hall–Kier alpha value is -1.36. The average Bonchev–Trinajstić information content (AvgIpc) is 3.07. The Morgan fingerprint density at radius 3 is 2.73 bits per heavy atom. The molecule has 0 radical (unpaired) electrons. The Morgan fingerprint density at radius 2 is 2.00 bits per heavy atom. The summed E-state index contributed by atoms with van der Waals surface area (Å²) in [6.45, 7) is 5.06. The first kappa shape index (κ1) is 17.0. The molecule has 4 heteroatoms. The summed E-state index contributed by atoms with van der Waals surface area (Å²) in [6.07, 6.45) is 2.08. The molecule has 1 aromatic heterocycles. The first-order valence-electron chi connectivity index (χ1n) is 7.98. The van der Waals surface area contributed by atoms with Gasteiger partial charge in [-0.05, 0) is 56.2 Å². The van der Waals surface area contributed by atoms with Gasteiger partial charge in [0, 0.05) is 11.3 Å². The Balaban J connectivity index is 2.08. The number of benzene rings is 1. The minimum Gasteiger partial charge on any atom is -0.485 e. The maximum atomic E-state index is 6.37. The fraction of sp³-hybridized carbons (Fsp3) is 0.444. The van der Waals surface area contributed by atoms with Crippen molar-refractivity contribution in [1.82, 2.24) is 10.6 Å². The zero-order valence-corrected chi connectivity index (χ0v) is 14.3. The zero-order chi connectivity index (χ0) is 15.6. The van der Waals surface area contributed by atoms with Gasteiger partial charge in [0.15, 0.2) is 0 Å².